The number of carbonyl (C=O) groups is 1. The first kappa shape index (κ1) is 24.0. The molecule has 0 radical (unpaired) electrons. The van der Waals surface area contributed by atoms with Crippen molar-refractivity contribution in [2.24, 2.45) is 0 Å². The second-order valence-corrected chi connectivity index (χ2v) is 7.59. The highest BCUT2D eigenvalue weighted by molar-refractivity contribution is 5.78. The van der Waals surface area contributed by atoms with Crippen LogP contribution in [-0.4, -0.2) is 74.5 Å². The van der Waals surface area contributed by atoms with Gasteiger partial charge in [-0.15, -0.1) is 0 Å². The van der Waals surface area contributed by atoms with E-state index in [1.54, 1.807) is 12.5 Å². The van der Waals surface area contributed by atoms with E-state index in [-0.39, 0.29) is 13.1 Å². The zero-order valence-corrected chi connectivity index (χ0v) is 18.8. The summed E-state index contributed by atoms with van der Waals surface area (Å²) in [4.78, 5) is 19.5. The predicted molar refractivity (Wildman–Crippen MR) is 127 cm³/mol. The highest BCUT2D eigenvalue weighted by atomic mass is 16.5. The number of hydrogen-bond donors (Lipinski definition) is 2. The number of aromatic nitrogens is 4. The van der Waals surface area contributed by atoms with E-state index >= 15 is 0 Å². The van der Waals surface area contributed by atoms with Crippen LogP contribution in [0.1, 0.15) is 6.42 Å². The van der Waals surface area contributed by atoms with Crippen LogP contribution in [0.2, 0.25) is 0 Å². The van der Waals surface area contributed by atoms with E-state index in [2.05, 4.69) is 33.5 Å². The van der Waals surface area contributed by atoms with E-state index in [4.69, 9.17) is 14.6 Å². The lowest BCUT2D eigenvalue weighted by molar-refractivity contribution is -0.122. The summed E-state index contributed by atoms with van der Waals surface area (Å²) in [5, 5.41) is 16.1. The number of rotatable bonds is 9. The Morgan fingerprint density at radius 1 is 1.12 bits per heavy atom. The first-order valence-electron chi connectivity index (χ1n) is 10.6. The minimum atomic E-state index is -0.250. The van der Waals surface area contributed by atoms with Crippen molar-refractivity contribution in [3.05, 3.63) is 61.2 Å². The molecule has 9 heteroatoms. The van der Waals surface area contributed by atoms with Crippen LogP contribution in [0.15, 0.2) is 61.2 Å². The number of aliphatic hydroxyl groups excluding tert-OH is 1. The van der Waals surface area contributed by atoms with Crippen molar-refractivity contribution >= 4 is 17.5 Å². The highest BCUT2D eigenvalue weighted by Crippen LogP contribution is 2.25. The number of imidazole rings is 2. The highest BCUT2D eigenvalue weighted by Gasteiger charge is 2.10. The number of aliphatic hydroxyl groups is 1. The SMILES string of the molecule is CN(C)CCCOc1ccc(-c2nccn2-c2ccc3c(c2)ncn3CCO)cc1.O=CO. The van der Waals surface area contributed by atoms with Gasteiger partial charge in [-0.1, -0.05) is 0 Å². The monoisotopic (exact) mass is 451 g/mol. The lowest BCUT2D eigenvalue weighted by atomic mass is 10.2. The van der Waals surface area contributed by atoms with Crippen molar-refractivity contribution in [1.82, 2.24) is 24.0 Å². The lowest BCUT2D eigenvalue weighted by Gasteiger charge is -2.11. The molecule has 2 heterocycles. The average Bonchev–Trinajstić information content (AvgIpc) is 3.45. The van der Waals surface area contributed by atoms with Gasteiger partial charge < -0.3 is 24.4 Å². The molecule has 0 spiro atoms. The Morgan fingerprint density at radius 2 is 1.88 bits per heavy atom. The van der Waals surface area contributed by atoms with Gasteiger partial charge in [-0.25, -0.2) is 9.97 Å². The molecule has 0 unspecified atom stereocenters. The first-order chi connectivity index (χ1) is 16.1. The topological polar surface area (TPSA) is 106 Å². The van der Waals surface area contributed by atoms with Gasteiger partial charge in [0.1, 0.15) is 11.6 Å². The Balaban J connectivity index is 0.000000968. The third-order valence-electron chi connectivity index (χ3n) is 5.00. The van der Waals surface area contributed by atoms with E-state index in [9.17, 15) is 5.11 Å². The van der Waals surface area contributed by atoms with E-state index in [1.165, 1.54) is 0 Å². The Bertz CT molecular complexity index is 1150. The normalized spacial score (nSPS) is 10.8. The molecule has 0 saturated carbocycles. The van der Waals surface area contributed by atoms with Gasteiger partial charge in [0.25, 0.3) is 6.47 Å². The second kappa shape index (κ2) is 11.8. The van der Waals surface area contributed by atoms with Crippen LogP contribution in [0.3, 0.4) is 0 Å². The minimum Gasteiger partial charge on any atom is -0.494 e. The fourth-order valence-corrected chi connectivity index (χ4v) is 3.48. The van der Waals surface area contributed by atoms with Crippen molar-refractivity contribution < 1.29 is 19.7 Å². The molecular formula is C24H29N5O4. The fraction of sp³-hybridized carbons (Fsp3) is 0.292. The van der Waals surface area contributed by atoms with E-state index < -0.39 is 0 Å². The summed E-state index contributed by atoms with van der Waals surface area (Å²) in [6.45, 7) is 2.09. The average molecular weight is 452 g/mol. The summed E-state index contributed by atoms with van der Waals surface area (Å²) in [7, 11) is 4.13. The second-order valence-electron chi connectivity index (χ2n) is 7.59. The molecule has 0 aliphatic rings. The number of hydrogen-bond acceptors (Lipinski definition) is 6. The third kappa shape index (κ3) is 6.18. The van der Waals surface area contributed by atoms with Crippen molar-refractivity contribution in [2.75, 3.05) is 33.9 Å². The van der Waals surface area contributed by atoms with Crippen molar-refractivity contribution in [1.29, 1.82) is 0 Å². The van der Waals surface area contributed by atoms with Crippen molar-refractivity contribution in [2.45, 2.75) is 13.0 Å². The maximum Gasteiger partial charge on any atom is 0.290 e. The Labute approximate surface area is 192 Å². The summed E-state index contributed by atoms with van der Waals surface area (Å²) < 4.78 is 9.83. The van der Waals surface area contributed by atoms with Gasteiger partial charge in [0.05, 0.1) is 30.6 Å². The van der Waals surface area contributed by atoms with Crippen LogP contribution in [0.4, 0.5) is 0 Å². The molecule has 4 aromatic rings. The van der Waals surface area contributed by atoms with Crippen LogP contribution < -0.4 is 4.74 Å². The molecule has 2 N–H and O–H groups in total. The Kier molecular flexibility index (Phi) is 8.56. The molecule has 2 aromatic carbocycles. The number of ether oxygens (including phenoxy) is 1. The molecule has 0 fully saturated rings. The van der Waals surface area contributed by atoms with E-state index in [1.807, 2.05) is 53.2 Å². The van der Waals surface area contributed by atoms with Crippen LogP contribution in [0.25, 0.3) is 28.1 Å². The summed E-state index contributed by atoms with van der Waals surface area (Å²) in [5.74, 6) is 1.73. The van der Waals surface area contributed by atoms with Crippen LogP contribution in [0.5, 0.6) is 5.75 Å². The smallest absolute Gasteiger partial charge is 0.290 e. The summed E-state index contributed by atoms with van der Waals surface area (Å²) >= 11 is 0. The molecule has 0 aliphatic carbocycles. The van der Waals surface area contributed by atoms with Gasteiger partial charge in [-0.2, -0.15) is 0 Å². The fourth-order valence-electron chi connectivity index (χ4n) is 3.48. The van der Waals surface area contributed by atoms with Crippen LogP contribution in [0, 0.1) is 0 Å². The molecule has 174 valence electrons. The largest absolute Gasteiger partial charge is 0.494 e. The van der Waals surface area contributed by atoms with Gasteiger partial charge in [-0.3, -0.25) is 9.36 Å². The molecular weight excluding hydrogens is 422 g/mol. The van der Waals surface area contributed by atoms with Crippen molar-refractivity contribution in [3.8, 4) is 22.8 Å². The van der Waals surface area contributed by atoms with Gasteiger partial charge in [-0.05, 0) is 63.0 Å². The molecule has 4 rings (SSSR count). The zero-order valence-electron chi connectivity index (χ0n) is 18.8. The number of benzene rings is 2. The van der Waals surface area contributed by atoms with Crippen LogP contribution in [-0.2, 0) is 11.3 Å². The predicted octanol–water partition coefficient (Wildman–Crippen LogP) is 2.91. The van der Waals surface area contributed by atoms with Crippen molar-refractivity contribution in [3.63, 3.8) is 0 Å². The van der Waals surface area contributed by atoms with Gasteiger partial charge in [0, 0.05) is 36.7 Å². The quantitative estimate of drug-likeness (QED) is 0.298. The molecule has 33 heavy (non-hydrogen) atoms. The molecule has 0 aliphatic heterocycles. The summed E-state index contributed by atoms with van der Waals surface area (Å²) in [6.07, 6.45) is 6.51. The van der Waals surface area contributed by atoms with Gasteiger partial charge in [0.15, 0.2) is 0 Å². The van der Waals surface area contributed by atoms with Crippen LogP contribution >= 0.6 is 0 Å². The van der Waals surface area contributed by atoms with E-state index in [0.717, 1.165) is 46.8 Å². The molecule has 9 nitrogen and oxygen atoms in total. The lowest BCUT2D eigenvalue weighted by Crippen LogP contribution is -2.15. The zero-order chi connectivity index (χ0) is 23.6. The number of fused-ring (bicyclic) bond motifs is 1. The molecule has 0 saturated heterocycles. The van der Waals surface area contributed by atoms with Gasteiger partial charge >= 0.3 is 0 Å². The molecule has 0 atom stereocenters. The number of nitrogens with zero attached hydrogens (tertiary/aromatic N) is 5. The Hall–Kier alpha value is -3.69. The Morgan fingerprint density at radius 3 is 2.58 bits per heavy atom. The summed E-state index contributed by atoms with van der Waals surface area (Å²) in [5.41, 5.74) is 3.91. The number of carboxylic acid groups (broad SMARTS) is 1. The maximum atomic E-state index is 9.19. The van der Waals surface area contributed by atoms with Gasteiger partial charge in [0.2, 0.25) is 0 Å². The molecule has 2 aromatic heterocycles. The molecule has 0 bridgehead atoms. The maximum absolute atomic E-state index is 9.19. The standard InChI is InChI=1S/C23H27N5O2.CH2O2/c1-26(2)11-3-15-30-20-7-4-18(5-8-20)23-24-10-12-28(23)19-6-9-22-21(16-19)25-17-27(22)13-14-29;2-1-3/h4-10,12,16-17,29H,3,11,13-15H2,1-2H3;1H,(H,2,3). The summed E-state index contributed by atoms with van der Waals surface area (Å²) in [6, 6.07) is 14.2. The molecule has 0 amide bonds. The third-order valence-corrected chi connectivity index (χ3v) is 5.00. The van der Waals surface area contributed by atoms with E-state index in [0.29, 0.717) is 13.2 Å². The minimum absolute atomic E-state index is 0.0915. The first-order valence-corrected chi connectivity index (χ1v) is 10.6.